The average Bonchev–Trinajstić information content (AvgIpc) is 2.91. The molecule has 0 spiro atoms. The number of fused-ring (bicyclic) bond motifs is 1. The molecule has 0 aliphatic carbocycles. The van der Waals surface area contributed by atoms with Gasteiger partial charge in [-0.1, -0.05) is 29.8 Å². The van der Waals surface area contributed by atoms with E-state index in [4.69, 9.17) is 5.73 Å². The van der Waals surface area contributed by atoms with Crippen LogP contribution in [0.3, 0.4) is 0 Å². The maximum atomic E-state index is 12.3. The molecular weight excluding hydrogens is 252 g/mol. The minimum absolute atomic E-state index is 0.0758. The van der Waals surface area contributed by atoms with E-state index in [9.17, 15) is 4.79 Å². The van der Waals surface area contributed by atoms with Gasteiger partial charge in [-0.25, -0.2) is 4.52 Å². The lowest BCUT2D eigenvalue weighted by Crippen LogP contribution is -2.27. The topological polar surface area (TPSA) is 65.3 Å². The molecule has 5 heteroatoms. The first-order valence-corrected chi connectivity index (χ1v) is 6.50. The van der Waals surface area contributed by atoms with Gasteiger partial charge in [0.2, 0.25) is 0 Å². The van der Waals surface area contributed by atoms with Crippen LogP contribution in [-0.2, 0) is 6.54 Å². The SMILES string of the molecule is Cc1cccc(C(N)Cn2ccn3nccc3c2=O)c1. The zero-order valence-electron chi connectivity index (χ0n) is 11.2. The summed E-state index contributed by atoms with van der Waals surface area (Å²) in [6.45, 7) is 2.48. The van der Waals surface area contributed by atoms with Crippen molar-refractivity contribution >= 4 is 5.52 Å². The largest absolute Gasteiger partial charge is 0.322 e. The highest BCUT2D eigenvalue weighted by Gasteiger charge is 2.10. The Morgan fingerprint density at radius 1 is 1.30 bits per heavy atom. The third-order valence-corrected chi connectivity index (χ3v) is 3.40. The van der Waals surface area contributed by atoms with E-state index in [-0.39, 0.29) is 11.6 Å². The minimum atomic E-state index is -0.210. The highest BCUT2D eigenvalue weighted by molar-refractivity contribution is 5.42. The molecule has 0 amide bonds. The lowest BCUT2D eigenvalue weighted by Gasteiger charge is -2.14. The van der Waals surface area contributed by atoms with E-state index in [0.717, 1.165) is 11.1 Å². The second-order valence-corrected chi connectivity index (χ2v) is 4.94. The van der Waals surface area contributed by atoms with Crippen LogP contribution in [0.15, 0.2) is 53.7 Å². The normalized spacial score (nSPS) is 12.7. The summed E-state index contributed by atoms with van der Waals surface area (Å²) in [5, 5.41) is 4.04. The summed E-state index contributed by atoms with van der Waals surface area (Å²) in [4.78, 5) is 12.3. The molecule has 0 saturated carbocycles. The molecule has 0 aliphatic heterocycles. The van der Waals surface area contributed by atoms with E-state index in [1.54, 1.807) is 33.7 Å². The smallest absolute Gasteiger partial charge is 0.276 e. The van der Waals surface area contributed by atoms with E-state index in [2.05, 4.69) is 5.10 Å². The number of nitrogens with two attached hydrogens (primary N) is 1. The van der Waals surface area contributed by atoms with Crippen LogP contribution in [-0.4, -0.2) is 14.2 Å². The van der Waals surface area contributed by atoms with Crippen molar-refractivity contribution in [2.75, 3.05) is 0 Å². The summed E-state index contributed by atoms with van der Waals surface area (Å²) in [7, 11) is 0. The molecule has 2 N–H and O–H groups in total. The fourth-order valence-corrected chi connectivity index (χ4v) is 2.32. The van der Waals surface area contributed by atoms with E-state index in [0.29, 0.717) is 12.1 Å². The number of nitrogens with zero attached hydrogens (tertiary/aromatic N) is 3. The van der Waals surface area contributed by atoms with Crippen molar-refractivity contribution in [3.8, 4) is 0 Å². The zero-order valence-corrected chi connectivity index (χ0v) is 11.2. The summed E-state index contributed by atoms with van der Waals surface area (Å²) in [5.74, 6) is 0. The van der Waals surface area contributed by atoms with Gasteiger partial charge in [-0.2, -0.15) is 5.10 Å². The summed E-state index contributed by atoms with van der Waals surface area (Å²) in [6.07, 6.45) is 5.10. The van der Waals surface area contributed by atoms with Crippen molar-refractivity contribution in [3.05, 3.63) is 70.4 Å². The molecule has 1 unspecified atom stereocenters. The quantitative estimate of drug-likeness (QED) is 0.783. The summed E-state index contributed by atoms with van der Waals surface area (Å²) in [5.41, 5.74) is 8.88. The Labute approximate surface area is 116 Å². The number of hydrogen-bond acceptors (Lipinski definition) is 3. The zero-order chi connectivity index (χ0) is 14.1. The number of benzene rings is 1. The second-order valence-electron chi connectivity index (χ2n) is 4.94. The Hall–Kier alpha value is -2.40. The first kappa shape index (κ1) is 12.6. The molecule has 0 fully saturated rings. The van der Waals surface area contributed by atoms with Crippen LogP contribution >= 0.6 is 0 Å². The average molecular weight is 268 g/mol. The number of hydrogen-bond donors (Lipinski definition) is 1. The van der Waals surface area contributed by atoms with Crippen LogP contribution in [0.5, 0.6) is 0 Å². The summed E-state index contributed by atoms with van der Waals surface area (Å²) >= 11 is 0. The molecular formula is C15H16N4O. The number of aromatic nitrogens is 3. The third kappa shape index (κ3) is 2.23. The Morgan fingerprint density at radius 3 is 2.95 bits per heavy atom. The molecule has 5 nitrogen and oxygen atoms in total. The third-order valence-electron chi connectivity index (χ3n) is 3.40. The summed E-state index contributed by atoms with van der Waals surface area (Å²) in [6, 6.07) is 9.54. The predicted octanol–water partition coefficient (Wildman–Crippen LogP) is 1.50. The van der Waals surface area contributed by atoms with Crippen molar-refractivity contribution in [3.63, 3.8) is 0 Å². The highest BCUT2D eigenvalue weighted by atomic mass is 16.1. The molecule has 2 aromatic heterocycles. The van der Waals surface area contributed by atoms with Crippen molar-refractivity contribution < 1.29 is 0 Å². The van der Waals surface area contributed by atoms with Gasteiger partial charge in [0.05, 0.1) is 6.20 Å². The van der Waals surface area contributed by atoms with E-state index in [1.807, 2.05) is 31.2 Å². The molecule has 0 saturated heterocycles. The summed E-state index contributed by atoms with van der Waals surface area (Å²) < 4.78 is 3.20. The predicted molar refractivity (Wildman–Crippen MR) is 77.6 cm³/mol. The molecule has 20 heavy (non-hydrogen) atoms. The first-order valence-electron chi connectivity index (χ1n) is 6.50. The van der Waals surface area contributed by atoms with Gasteiger partial charge in [0.15, 0.2) is 0 Å². The maximum absolute atomic E-state index is 12.3. The molecule has 0 radical (unpaired) electrons. The second kappa shape index (κ2) is 4.94. The van der Waals surface area contributed by atoms with Crippen LogP contribution in [0.1, 0.15) is 17.2 Å². The molecule has 1 aromatic carbocycles. The number of rotatable bonds is 3. The monoisotopic (exact) mass is 268 g/mol. The molecule has 0 bridgehead atoms. The Balaban J connectivity index is 1.93. The molecule has 3 aromatic rings. The van der Waals surface area contributed by atoms with Crippen LogP contribution in [0, 0.1) is 6.92 Å². The first-order chi connectivity index (χ1) is 9.65. The van der Waals surface area contributed by atoms with Crippen LogP contribution in [0.4, 0.5) is 0 Å². The van der Waals surface area contributed by atoms with Gasteiger partial charge in [-0.05, 0) is 18.6 Å². The Bertz CT molecular complexity index is 803. The van der Waals surface area contributed by atoms with Gasteiger partial charge in [0, 0.05) is 25.0 Å². The Kier molecular flexibility index (Phi) is 3.12. The molecule has 1 atom stereocenters. The van der Waals surface area contributed by atoms with E-state index < -0.39 is 0 Å². The fourth-order valence-electron chi connectivity index (χ4n) is 2.32. The number of aryl methyl sites for hydroxylation is 1. The highest BCUT2D eigenvalue weighted by Crippen LogP contribution is 2.13. The van der Waals surface area contributed by atoms with E-state index in [1.165, 1.54) is 0 Å². The van der Waals surface area contributed by atoms with E-state index >= 15 is 0 Å². The van der Waals surface area contributed by atoms with Crippen molar-refractivity contribution in [2.24, 2.45) is 5.73 Å². The lowest BCUT2D eigenvalue weighted by atomic mass is 10.1. The van der Waals surface area contributed by atoms with Gasteiger partial charge < -0.3 is 10.3 Å². The van der Waals surface area contributed by atoms with Gasteiger partial charge in [-0.3, -0.25) is 4.79 Å². The Morgan fingerprint density at radius 2 is 2.15 bits per heavy atom. The minimum Gasteiger partial charge on any atom is -0.322 e. The molecule has 2 heterocycles. The van der Waals surface area contributed by atoms with Crippen LogP contribution in [0.25, 0.3) is 5.52 Å². The standard InChI is InChI=1S/C15H16N4O/c1-11-3-2-4-12(9-11)13(16)10-18-7-8-19-14(15(18)20)5-6-17-19/h2-9,13H,10,16H2,1H3. The maximum Gasteiger partial charge on any atom is 0.276 e. The van der Waals surface area contributed by atoms with Crippen LogP contribution < -0.4 is 11.3 Å². The molecule has 0 aliphatic rings. The van der Waals surface area contributed by atoms with Gasteiger partial charge >= 0.3 is 0 Å². The van der Waals surface area contributed by atoms with Gasteiger partial charge in [0.25, 0.3) is 5.56 Å². The lowest BCUT2D eigenvalue weighted by molar-refractivity contribution is 0.559. The van der Waals surface area contributed by atoms with Crippen molar-refractivity contribution in [1.82, 2.24) is 14.2 Å². The fraction of sp³-hybridized carbons (Fsp3) is 0.200. The molecule has 102 valence electrons. The van der Waals surface area contributed by atoms with Gasteiger partial charge in [0.1, 0.15) is 5.52 Å². The van der Waals surface area contributed by atoms with Crippen molar-refractivity contribution in [2.45, 2.75) is 19.5 Å². The molecule has 3 rings (SSSR count). The van der Waals surface area contributed by atoms with Gasteiger partial charge in [-0.15, -0.1) is 0 Å². The van der Waals surface area contributed by atoms with Crippen molar-refractivity contribution in [1.29, 1.82) is 0 Å². The van der Waals surface area contributed by atoms with Crippen LogP contribution in [0.2, 0.25) is 0 Å².